The van der Waals surface area contributed by atoms with Crippen molar-refractivity contribution in [2.75, 3.05) is 7.11 Å². The third-order valence-corrected chi connectivity index (χ3v) is 3.30. The highest BCUT2D eigenvalue weighted by molar-refractivity contribution is 5.43. The molecule has 0 saturated heterocycles. The van der Waals surface area contributed by atoms with Crippen LogP contribution in [-0.2, 0) is 6.54 Å². The smallest absolute Gasteiger partial charge is 0.160 e. The van der Waals surface area contributed by atoms with Crippen molar-refractivity contribution in [3.05, 3.63) is 59.2 Å². The zero-order valence-electron chi connectivity index (χ0n) is 12.1. The van der Waals surface area contributed by atoms with Gasteiger partial charge in [-0.3, -0.25) is 5.32 Å². The molecule has 4 nitrogen and oxygen atoms in total. The Bertz CT molecular complexity index is 645. The predicted octanol–water partition coefficient (Wildman–Crippen LogP) is 3.06. The number of aryl methyl sites for hydroxylation is 1. The van der Waals surface area contributed by atoms with Gasteiger partial charge < -0.3 is 9.84 Å². The van der Waals surface area contributed by atoms with E-state index in [4.69, 9.17) is 4.74 Å². The highest BCUT2D eigenvalue weighted by atomic mass is 16.5. The summed E-state index contributed by atoms with van der Waals surface area (Å²) >= 11 is 0. The summed E-state index contributed by atoms with van der Waals surface area (Å²) in [6, 6.07) is 14.8. The molecular formula is C17H18N2O2. The van der Waals surface area contributed by atoms with Crippen LogP contribution in [-0.4, -0.2) is 12.2 Å². The summed E-state index contributed by atoms with van der Waals surface area (Å²) in [6.07, 6.45) is 0. The van der Waals surface area contributed by atoms with Gasteiger partial charge in [-0.15, -0.1) is 0 Å². The van der Waals surface area contributed by atoms with Crippen molar-refractivity contribution in [3.8, 4) is 17.6 Å². The number of nitrogens with one attached hydrogen (secondary N) is 1. The molecule has 0 bridgehead atoms. The summed E-state index contributed by atoms with van der Waals surface area (Å²) in [6.45, 7) is 2.64. The average molecular weight is 282 g/mol. The van der Waals surface area contributed by atoms with E-state index >= 15 is 0 Å². The Balaban J connectivity index is 2.09. The van der Waals surface area contributed by atoms with E-state index in [0.29, 0.717) is 12.3 Å². The molecule has 2 aromatic rings. The largest absolute Gasteiger partial charge is 0.504 e. The van der Waals surface area contributed by atoms with Gasteiger partial charge in [0.25, 0.3) is 0 Å². The van der Waals surface area contributed by atoms with Crippen LogP contribution < -0.4 is 10.1 Å². The molecular weight excluding hydrogens is 264 g/mol. The van der Waals surface area contributed by atoms with Gasteiger partial charge >= 0.3 is 0 Å². The highest BCUT2D eigenvalue weighted by Gasteiger charge is 2.12. The first kappa shape index (κ1) is 14.9. The molecule has 2 aromatic carbocycles. The molecule has 0 amide bonds. The van der Waals surface area contributed by atoms with Gasteiger partial charge in [-0.1, -0.05) is 35.9 Å². The van der Waals surface area contributed by atoms with Crippen molar-refractivity contribution in [2.45, 2.75) is 19.5 Å². The summed E-state index contributed by atoms with van der Waals surface area (Å²) in [4.78, 5) is 0. The number of phenolic OH excluding ortho intramolecular Hbond substituents is 1. The molecule has 0 radical (unpaired) electrons. The maximum Gasteiger partial charge on any atom is 0.160 e. The van der Waals surface area contributed by atoms with Gasteiger partial charge in [0.05, 0.1) is 13.2 Å². The number of aromatic hydroxyl groups is 1. The second-order valence-electron chi connectivity index (χ2n) is 4.86. The van der Waals surface area contributed by atoms with Gasteiger partial charge in [0.15, 0.2) is 11.5 Å². The molecule has 0 aliphatic rings. The number of hydrogen-bond donors (Lipinski definition) is 2. The van der Waals surface area contributed by atoms with Crippen LogP contribution in [0.3, 0.4) is 0 Å². The summed E-state index contributed by atoms with van der Waals surface area (Å²) in [5, 5.41) is 22.1. The second kappa shape index (κ2) is 6.78. The topological polar surface area (TPSA) is 65.3 Å². The van der Waals surface area contributed by atoms with Gasteiger partial charge in [0, 0.05) is 6.54 Å². The maximum atomic E-state index is 9.60. The monoisotopic (exact) mass is 282 g/mol. The van der Waals surface area contributed by atoms with Gasteiger partial charge in [-0.05, 0) is 30.2 Å². The number of rotatable bonds is 5. The van der Waals surface area contributed by atoms with Crippen LogP contribution in [0.15, 0.2) is 42.5 Å². The highest BCUT2D eigenvalue weighted by Crippen LogP contribution is 2.28. The maximum absolute atomic E-state index is 9.60. The zero-order chi connectivity index (χ0) is 15.2. The first-order chi connectivity index (χ1) is 10.1. The van der Waals surface area contributed by atoms with Gasteiger partial charge in [0.2, 0.25) is 0 Å². The summed E-state index contributed by atoms with van der Waals surface area (Å²) in [5.74, 6) is 0.432. The second-order valence-corrected chi connectivity index (χ2v) is 4.86. The van der Waals surface area contributed by atoms with E-state index in [9.17, 15) is 10.4 Å². The summed E-state index contributed by atoms with van der Waals surface area (Å²) < 4.78 is 5.07. The van der Waals surface area contributed by atoms with E-state index in [1.54, 1.807) is 12.1 Å². The fourth-order valence-corrected chi connectivity index (χ4v) is 2.04. The van der Waals surface area contributed by atoms with Crippen molar-refractivity contribution in [2.24, 2.45) is 0 Å². The third kappa shape index (κ3) is 3.74. The molecule has 108 valence electrons. The number of benzene rings is 2. The van der Waals surface area contributed by atoms with Gasteiger partial charge in [0.1, 0.15) is 6.04 Å². The molecule has 1 atom stereocenters. The zero-order valence-corrected chi connectivity index (χ0v) is 12.1. The van der Waals surface area contributed by atoms with Gasteiger partial charge in [-0.2, -0.15) is 5.26 Å². The molecule has 2 N–H and O–H groups in total. The van der Waals surface area contributed by atoms with Gasteiger partial charge in [-0.25, -0.2) is 0 Å². The van der Waals surface area contributed by atoms with E-state index in [1.807, 2.05) is 31.2 Å². The van der Waals surface area contributed by atoms with E-state index in [0.717, 1.165) is 11.1 Å². The SMILES string of the molecule is COc1cc(C(C#N)NCc2ccc(C)cc2)ccc1O. The van der Waals surface area contributed by atoms with E-state index < -0.39 is 6.04 Å². The number of methoxy groups -OCH3 is 1. The Morgan fingerprint density at radius 1 is 1.24 bits per heavy atom. The molecule has 4 heteroatoms. The Labute approximate surface area is 124 Å². The van der Waals surface area contributed by atoms with E-state index in [-0.39, 0.29) is 5.75 Å². The first-order valence-electron chi connectivity index (χ1n) is 6.69. The van der Waals surface area contributed by atoms with Crippen LogP contribution in [0.25, 0.3) is 0 Å². The fourth-order valence-electron chi connectivity index (χ4n) is 2.04. The predicted molar refractivity (Wildman–Crippen MR) is 81.0 cm³/mol. The lowest BCUT2D eigenvalue weighted by Gasteiger charge is -2.13. The van der Waals surface area contributed by atoms with Crippen LogP contribution in [0.2, 0.25) is 0 Å². The average Bonchev–Trinajstić information content (AvgIpc) is 2.51. The molecule has 0 aromatic heterocycles. The minimum atomic E-state index is -0.458. The summed E-state index contributed by atoms with van der Waals surface area (Å²) in [5.41, 5.74) is 3.09. The van der Waals surface area contributed by atoms with Crippen LogP contribution in [0.1, 0.15) is 22.7 Å². The van der Waals surface area contributed by atoms with Crippen LogP contribution in [0.4, 0.5) is 0 Å². The fraction of sp³-hybridized carbons (Fsp3) is 0.235. The Hall–Kier alpha value is -2.51. The number of ether oxygens (including phenoxy) is 1. The Morgan fingerprint density at radius 3 is 2.57 bits per heavy atom. The van der Waals surface area contributed by atoms with E-state index in [2.05, 4.69) is 11.4 Å². The first-order valence-corrected chi connectivity index (χ1v) is 6.69. The molecule has 0 fully saturated rings. The van der Waals surface area contributed by atoms with Crippen molar-refractivity contribution in [1.29, 1.82) is 5.26 Å². The standard InChI is InChI=1S/C17H18N2O2/c1-12-3-5-13(6-4-12)11-19-15(10-18)14-7-8-16(20)17(9-14)21-2/h3-9,15,19-20H,11H2,1-2H3. The molecule has 2 rings (SSSR count). The van der Waals surface area contributed by atoms with Crippen LogP contribution in [0, 0.1) is 18.3 Å². The molecule has 0 aliphatic heterocycles. The van der Waals surface area contributed by atoms with Crippen molar-refractivity contribution < 1.29 is 9.84 Å². The molecule has 1 unspecified atom stereocenters. The van der Waals surface area contributed by atoms with Crippen molar-refractivity contribution in [1.82, 2.24) is 5.32 Å². The molecule has 0 aliphatic carbocycles. The quantitative estimate of drug-likeness (QED) is 0.884. The Morgan fingerprint density at radius 2 is 1.95 bits per heavy atom. The van der Waals surface area contributed by atoms with E-state index in [1.165, 1.54) is 18.7 Å². The molecule has 21 heavy (non-hydrogen) atoms. The van der Waals surface area contributed by atoms with Crippen molar-refractivity contribution >= 4 is 0 Å². The number of hydrogen-bond acceptors (Lipinski definition) is 4. The summed E-state index contributed by atoms with van der Waals surface area (Å²) in [7, 11) is 1.49. The normalized spacial score (nSPS) is 11.7. The van der Waals surface area contributed by atoms with Crippen molar-refractivity contribution in [3.63, 3.8) is 0 Å². The number of phenols is 1. The van der Waals surface area contributed by atoms with Crippen LogP contribution in [0.5, 0.6) is 11.5 Å². The molecule has 0 heterocycles. The lowest BCUT2D eigenvalue weighted by molar-refractivity contribution is 0.372. The third-order valence-electron chi connectivity index (χ3n) is 3.30. The molecule has 0 saturated carbocycles. The molecule has 0 spiro atoms. The lowest BCUT2D eigenvalue weighted by Crippen LogP contribution is -2.19. The Kier molecular flexibility index (Phi) is 4.81. The van der Waals surface area contributed by atoms with Crippen LogP contribution >= 0.6 is 0 Å². The number of nitriles is 1. The number of nitrogens with zero attached hydrogens (tertiary/aromatic N) is 1. The minimum Gasteiger partial charge on any atom is -0.504 e. The minimum absolute atomic E-state index is 0.0662. The lowest BCUT2D eigenvalue weighted by atomic mass is 10.1.